The van der Waals surface area contributed by atoms with Crippen LogP contribution in [0.3, 0.4) is 0 Å². The molecule has 0 aromatic rings. The minimum Gasteiger partial charge on any atom is -0.133 e. The highest BCUT2D eigenvalue weighted by atomic mass is 32.2. The number of hydrogen-bond donors (Lipinski definition) is 0. The number of thioether (sulfide) groups is 1. The van der Waals surface area contributed by atoms with Gasteiger partial charge in [0, 0.05) is 0 Å². The van der Waals surface area contributed by atoms with Gasteiger partial charge in [-0.25, -0.2) is 0 Å². The van der Waals surface area contributed by atoms with Crippen molar-refractivity contribution in [3.63, 3.8) is 0 Å². The standard InChI is InChI=1S/C10H18S/c1-6-8(3)10(11-5)9(4)7-2/h6,9H,1,7H2,2-5H3/b10-8-. The quantitative estimate of drug-likeness (QED) is 0.577. The molecule has 0 aliphatic carbocycles. The molecule has 0 aliphatic rings. The van der Waals surface area contributed by atoms with Crippen molar-refractivity contribution < 1.29 is 0 Å². The van der Waals surface area contributed by atoms with Gasteiger partial charge in [-0.05, 0) is 36.0 Å². The first-order valence-corrected chi connectivity index (χ1v) is 5.27. The Morgan fingerprint density at radius 3 is 2.45 bits per heavy atom. The summed E-state index contributed by atoms with van der Waals surface area (Å²) in [6, 6.07) is 0. The molecule has 11 heavy (non-hydrogen) atoms. The average Bonchev–Trinajstić information content (AvgIpc) is 2.05. The largest absolute Gasteiger partial charge is 0.133 e. The van der Waals surface area contributed by atoms with E-state index in [1.807, 2.05) is 17.8 Å². The van der Waals surface area contributed by atoms with Crippen LogP contribution in [-0.4, -0.2) is 6.26 Å². The van der Waals surface area contributed by atoms with Crippen molar-refractivity contribution in [2.24, 2.45) is 5.92 Å². The van der Waals surface area contributed by atoms with E-state index in [0.29, 0.717) is 5.92 Å². The van der Waals surface area contributed by atoms with Gasteiger partial charge < -0.3 is 0 Å². The van der Waals surface area contributed by atoms with Gasteiger partial charge in [-0.3, -0.25) is 0 Å². The molecule has 0 nitrogen and oxygen atoms in total. The van der Waals surface area contributed by atoms with Crippen LogP contribution >= 0.6 is 11.8 Å². The second kappa shape index (κ2) is 5.48. The summed E-state index contributed by atoms with van der Waals surface area (Å²) in [6.07, 6.45) is 5.29. The molecule has 0 saturated heterocycles. The summed E-state index contributed by atoms with van der Waals surface area (Å²) in [5.74, 6) is 0.683. The minimum atomic E-state index is 0.683. The molecule has 0 N–H and O–H groups in total. The van der Waals surface area contributed by atoms with Gasteiger partial charge in [0.05, 0.1) is 0 Å². The van der Waals surface area contributed by atoms with Crippen LogP contribution in [0.25, 0.3) is 0 Å². The Morgan fingerprint density at radius 1 is 1.64 bits per heavy atom. The second-order valence-electron chi connectivity index (χ2n) is 2.76. The van der Waals surface area contributed by atoms with E-state index >= 15 is 0 Å². The Morgan fingerprint density at radius 2 is 2.18 bits per heavy atom. The molecule has 1 heteroatoms. The van der Waals surface area contributed by atoms with Crippen molar-refractivity contribution >= 4 is 11.8 Å². The summed E-state index contributed by atoms with van der Waals surface area (Å²) < 4.78 is 0. The third-order valence-electron chi connectivity index (χ3n) is 1.97. The highest BCUT2D eigenvalue weighted by Crippen LogP contribution is 2.27. The predicted octanol–water partition coefficient (Wildman–Crippen LogP) is 3.86. The maximum Gasteiger partial charge on any atom is -0.00979 e. The molecule has 0 radical (unpaired) electrons. The zero-order valence-corrected chi connectivity index (χ0v) is 8.79. The van der Waals surface area contributed by atoms with E-state index < -0.39 is 0 Å². The van der Waals surface area contributed by atoms with Crippen LogP contribution in [0.1, 0.15) is 27.2 Å². The highest BCUT2D eigenvalue weighted by Gasteiger charge is 2.06. The Balaban J connectivity index is 4.49. The lowest BCUT2D eigenvalue weighted by atomic mass is 10.1. The molecule has 0 aromatic carbocycles. The van der Waals surface area contributed by atoms with Crippen molar-refractivity contribution in [3.05, 3.63) is 23.1 Å². The van der Waals surface area contributed by atoms with E-state index in [0.717, 1.165) is 0 Å². The first-order valence-electron chi connectivity index (χ1n) is 4.04. The normalized spacial score (nSPS) is 15.6. The molecule has 1 unspecified atom stereocenters. The lowest BCUT2D eigenvalue weighted by Gasteiger charge is -2.13. The molecule has 1 atom stereocenters. The first-order chi connectivity index (χ1) is 5.17. The summed E-state index contributed by atoms with van der Waals surface area (Å²) in [6.45, 7) is 10.4. The summed E-state index contributed by atoms with van der Waals surface area (Å²) >= 11 is 1.84. The summed E-state index contributed by atoms with van der Waals surface area (Å²) in [4.78, 5) is 1.47. The van der Waals surface area contributed by atoms with Crippen molar-refractivity contribution in [1.82, 2.24) is 0 Å². The van der Waals surface area contributed by atoms with Gasteiger partial charge in [0.15, 0.2) is 0 Å². The van der Waals surface area contributed by atoms with Gasteiger partial charge in [0.1, 0.15) is 0 Å². The molecule has 0 aromatic heterocycles. The number of rotatable bonds is 4. The van der Waals surface area contributed by atoms with Gasteiger partial charge in [-0.15, -0.1) is 11.8 Å². The Labute approximate surface area is 74.8 Å². The maximum atomic E-state index is 3.77. The monoisotopic (exact) mass is 170 g/mol. The van der Waals surface area contributed by atoms with Crippen LogP contribution in [0, 0.1) is 5.92 Å². The van der Waals surface area contributed by atoms with Crippen LogP contribution in [0.15, 0.2) is 23.1 Å². The molecule has 0 spiro atoms. The summed E-state index contributed by atoms with van der Waals surface area (Å²) in [5.41, 5.74) is 1.33. The Kier molecular flexibility index (Phi) is 5.39. The number of hydrogen-bond acceptors (Lipinski definition) is 1. The van der Waals surface area contributed by atoms with Crippen molar-refractivity contribution in [2.45, 2.75) is 27.2 Å². The molecule has 0 bridgehead atoms. The lowest BCUT2D eigenvalue weighted by molar-refractivity contribution is 0.683. The average molecular weight is 170 g/mol. The van der Waals surface area contributed by atoms with E-state index in [1.54, 1.807) is 0 Å². The molecule has 0 saturated carbocycles. The lowest BCUT2D eigenvalue weighted by Crippen LogP contribution is -1.95. The van der Waals surface area contributed by atoms with E-state index in [4.69, 9.17) is 0 Å². The molecule has 0 fully saturated rings. The van der Waals surface area contributed by atoms with Crippen molar-refractivity contribution in [2.75, 3.05) is 6.26 Å². The molecule has 0 rings (SSSR count). The Bertz CT molecular complexity index is 156. The van der Waals surface area contributed by atoms with Crippen molar-refractivity contribution in [3.8, 4) is 0 Å². The van der Waals surface area contributed by atoms with Gasteiger partial charge >= 0.3 is 0 Å². The topological polar surface area (TPSA) is 0 Å². The van der Waals surface area contributed by atoms with E-state index in [9.17, 15) is 0 Å². The Hall–Kier alpha value is -0.170. The van der Waals surface area contributed by atoms with Crippen LogP contribution in [0.4, 0.5) is 0 Å². The molecule has 0 aliphatic heterocycles. The molecule has 64 valence electrons. The van der Waals surface area contributed by atoms with E-state index in [2.05, 4.69) is 33.6 Å². The van der Waals surface area contributed by atoms with Gasteiger partial charge in [0.2, 0.25) is 0 Å². The van der Waals surface area contributed by atoms with Gasteiger partial charge in [-0.1, -0.05) is 26.5 Å². The third kappa shape index (κ3) is 3.15. The minimum absolute atomic E-state index is 0.683. The maximum absolute atomic E-state index is 3.77. The van der Waals surface area contributed by atoms with Crippen LogP contribution < -0.4 is 0 Å². The molecule has 0 heterocycles. The summed E-state index contributed by atoms with van der Waals surface area (Å²) in [7, 11) is 0. The fourth-order valence-electron chi connectivity index (χ4n) is 1.04. The SMILES string of the molecule is C=C/C(C)=C(\SC)C(C)CC. The van der Waals surface area contributed by atoms with E-state index in [1.165, 1.54) is 16.9 Å². The van der Waals surface area contributed by atoms with Crippen LogP contribution in [0.2, 0.25) is 0 Å². The number of allylic oxidation sites excluding steroid dienone is 3. The molecular formula is C10H18S. The zero-order chi connectivity index (χ0) is 8.85. The van der Waals surface area contributed by atoms with Gasteiger partial charge in [-0.2, -0.15) is 0 Å². The summed E-state index contributed by atoms with van der Waals surface area (Å²) in [5, 5.41) is 0. The van der Waals surface area contributed by atoms with Crippen molar-refractivity contribution in [1.29, 1.82) is 0 Å². The fraction of sp³-hybridized carbons (Fsp3) is 0.600. The smallest absolute Gasteiger partial charge is 0.00979 e. The second-order valence-corrected chi connectivity index (χ2v) is 3.61. The van der Waals surface area contributed by atoms with E-state index in [-0.39, 0.29) is 0 Å². The zero-order valence-electron chi connectivity index (χ0n) is 7.98. The molecule has 0 amide bonds. The predicted molar refractivity (Wildman–Crippen MR) is 55.9 cm³/mol. The molecular weight excluding hydrogens is 152 g/mol. The fourth-order valence-corrected chi connectivity index (χ4v) is 2.01. The third-order valence-corrected chi connectivity index (χ3v) is 3.14. The highest BCUT2D eigenvalue weighted by molar-refractivity contribution is 8.02. The van der Waals surface area contributed by atoms with Crippen LogP contribution in [-0.2, 0) is 0 Å². The van der Waals surface area contributed by atoms with Gasteiger partial charge in [0.25, 0.3) is 0 Å². The van der Waals surface area contributed by atoms with Crippen LogP contribution in [0.5, 0.6) is 0 Å². The first kappa shape index (κ1) is 10.8.